The van der Waals surface area contributed by atoms with Crippen LogP contribution in [0.3, 0.4) is 0 Å². The second kappa shape index (κ2) is 8.17. The molecule has 4 aromatic rings. The van der Waals surface area contributed by atoms with E-state index < -0.39 is 17.5 Å². The number of hydrogen-bond acceptors (Lipinski definition) is 3. The summed E-state index contributed by atoms with van der Waals surface area (Å²) in [4.78, 5) is 25.6. The maximum atomic E-state index is 14.0. The van der Waals surface area contributed by atoms with E-state index in [0.717, 1.165) is 5.56 Å². The van der Waals surface area contributed by atoms with Crippen LogP contribution in [-0.4, -0.2) is 11.7 Å². The van der Waals surface area contributed by atoms with Crippen LogP contribution in [0.4, 0.5) is 10.1 Å². The minimum absolute atomic E-state index is 0.0408. The maximum Gasteiger partial charge on any atom is 0.248 e. The van der Waals surface area contributed by atoms with E-state index in [0.29, 0.717) is 16.5 Å². The van der Waals surface area contributed by atoms with Crippen LogP contribution in [0.2, 0.25) is 0 Å². The first-order valence-electron chi connectivity index (χ1n) is 9.39. The number of amides is 1. The molecule has 1 heterocycles. The SMILES string of the molecule is Cc1ccc(C(=O)c2oc3ccccc3c2NC(=O)/C=C/c2ccccc2)cc1F. The number of nitrogens with one attached hydrogen (secondary N) is 1. The number of rotatable bonds is 5. The zero-order chi connectivity index (χ0) is 21.1. The fourth-order valence-electron chi connectivity index (χ4n) is 3.10. The number of benzene rings is 3. The Hall–Kier alpha value is -3.99. The fourth-order valence-corrected chi connectivity index (χ4v) is 3.10. The first-order chi connectivity index (χ1) is 14.5. The van der Waals surface area contributed by atoms with Crippen LogP contribution >= 0.6 is 0 Å². The van der Waals surface area contributed by atoms with Gasteiger partial charge in [-0.3, -0.25) is 9.59 Å². The number of carbonyl (C=O) groups excluding carboxylic acids is 2. The number of carbonyl (C=O) groups is 2. The molecule has 0 aliphatic carbocycles. The molecule has 0 saturated heterocycles. The molecule has 0 unspecified atom stereocenters. The van der Waals surface area contributed by atoms with Crippen LogP contribution in [0.25, 0.3) is 17.0 Å². The van der Waals surface area contributed by atoms with E-state index in [1.54, 1.807) is 37.3 Å². The highest BCUT2D eigenvalue weighted by Gasteiger charge is 2.23. The Kier molecular flexibility index (Phi) is 5.26. The van der Waals surface area contributed by atoms with Crippen LogP contribution in [0.15, 0.2) is 83.3 Å². The van der Waals surface area contributed by atoms with E-state index in [-0.39, 0.29) is 17.0 Å². The molecule has 0 saturated carbocycles. The molecule has 4 nitrogen and oxygen atoms in total. The first-order valence-corrected chi connectivity index (χ1v) is 9.39. The van der Waals surface area contributed by atoms with Gasteiger partial charge in [0.2, 0.25) is 11.7 Å². The van der Waals surface area contributed by atoms with Gasteiger partial charge < -0.3 is 9.73 Å². The molecular weight excluding hydrogens is 381 g/mol. The normalized spacial score (nSPS) is 11.1. The van der Waals surface area contributed by atoms with E-state index >= 15 is 0 Å². The van der Waals surface area contributed by atoms with Gasteiger partial charge in [-0.1, -0.05) is 54.6 Å². The number of furan rings is 1. The van der Waals surface area contributed by atoms with Gasteiger partial charge in [0.15, 0.2) is 5.76 Å². The Morgan fingerprint density at radius 1 is 0.967 bits per heavy atom. The van der Waals surface area contributed by atoms with Crippen molar-refractivity contribution in [3.8, 4) is 0 Å². The van der Waals surface area contributed by atoms with Crippen molar-refractivity contribution >= 4 is 34.4 Å². The van der Waals surface area contributed by atoms with E-state index in [1.807, 2.05) is 30.3 Å². The van der Waals surface area contributed by atoms with Gasteiger partial charge in [-0.05, 0) is 42.3 Å². The van der Waals surface area contributed by atoms with Gasteiger partial charge in [0, 0.05) is 17.0 Å². The average molecular weight is 399 g/mol. The number of anilines is 1. The molecule has 5 heteroatoms. The molecule has 0 fully saturated rings. The first kappa shape index (κ1) is 19.3. The van der Waals surface area contributed by atoms with Gasteiger partial charge in [0.25, 0.3) is 0 Å². The number of halogens is 1. The fraction of sp³-hybridized carbons (Fsp3) is 0.0400. The van der Waals surface area contributed by atoms with Crippen molar-refractivity contribution in [1.82, 2.24) is 0 Å². The maximum absolute atomic E-state index is 14.0. The molecule has 0 radical (unpaired) electrons. The summed E-state index contributed by atoms with van der Waals surface area (Å²) in [6, 6.07) is 20.6. The molecule has 0 bridgehead atoms. The van der Waals surface area contributed by atoms with Gasteiger partial charge in [-0.2, -0.15) is 0 Å². The summed E-state index contributed by atoms with van der Waals surface area (Å²) < 4.78 is 19.7. The van der Waals surface area contributed by atoms with Crippen LogP contribution in [0, 0.1) is 12.7 Å². The summed E-state index contributed by atoms with van der Waals surface area (Å²) in [5.41, 5.74) is 2.18. The summed E-state index contributed by atoms with van der Waals surface area (Å²) >= 11 is 0. The highest BCUT2D eigenvalue weighted by Crippen LogP contribution is 2.32. The van der Waals surface area contributed by atoms with Gasteiger partial charge in [0.05, 0.1) is 5.69 Å². The standard InChI is InChI=1S/C25H18FNO3/c1-16-11-13-18(15-20(16)26)24(29)25-23(19-9-5-6-10-21(19)30-25)27-22(28)14-12-17-7-3-2-4-8-17/h2-15H,1H3,(H,27,28)/b14-12+. The number of hydrogen-bond donors (Lipinski definition) is 1. The Bertz CT molecular complexity index is 1270. The minimum Gasteiger partial charge on any atom is -0.450 e. The van der Waals surface area contributed by atoms with E-state index in [4.69, 9.17) is 4.42 Å². The number of fused-ring (bicyclic) bond motifs is 1. The second-order valence-corrected chi connectivity index (χ2v) is 6.83. The number of ketones is 1. The average Bonchev–Trinajstić information content (AvgIpc) is 3.13. The quantitative estimate of drug-likeness (QED) is 0.343. The van der Waals surface area contributed by atoms with Crippen molar-refractivity contribution in [2.45, 2.75) is 6.92 Å². The lowest BCUT2D eigenvalue weighted by Gasteiger charge is -2.05. The third-order valence-corrected chi connectivity index (χ3v) is 4.71. The molecule has 30 heavy (non-hydrogen) atoms. The Balaban J connectivity index is 1.70. The molecule has 0 aliphatic rings. The Morgan fingerprint density at radius 2 is 1.70 bits per heavy atom. The predicted molar refractivity (Wildman–Crippen MR) is 115 cm³/mol. The van der Waals surface area contributed by atoms with Crippen molar-refractivity contribution < 1.29 is 18.4 Å². The van der Waals surface area contributed by atoms with Crippen LogP contribution in [0.1, 0.15) is 27.2 Å². The van der Waals surface area contributed by atoms with Crippen molar-refractivity contribution in [1.29, 1.82) is 0 Å². The van der Waals surface area contributed by atoms with Crippen molar-refractivity contribution in [3.05, 3.63) is 107 Å². The minimum atomic E-state index is -0.507. The molecule has 3 aromatic carbocycles. The molecule has 0 atom stereocenters. The van der Waals surface area contributed by atoms with Gasteiger partial charge in [-0.15, -0.1) is 0 Å². The zero-order valence-electron chi connectivity index (χ0n) is 16.2. The summed E-state index contributed by atoms with van der Waals surface area (Å²) in [6.07, 6.45) is 3.06. The third-order valence-electron chi connectivity index (χ3n) is 4.71. The summed E-state index contributed by atoms with van der Waals surface area (Å²) in [5, 5.41) is 3.34. The van der Waals surface area contributed by atoms with Gasteiger partial charge >= 0.3 is 0 Å². The lowest BCUT2D eigenvalue weighted by molar-refractivity contribution is -0.111. The van der Waals surface area contributed by atoms with E-state index in [9.17, 15) is 14.0 Å². The zero-order valence-corrected chi connectivity index (χ0v) is 16.2. The highest BCUT2D eigenvalue weighted by atomic mass is 19.1. The van der Waals surface area contributed by atoms with Crippen molar-refractivity contribution in [2.75, 3.05) is 5.32 Å². The lowest BCUT2D eigenvalue weighted by Crippen LogP contribution is -2.11. The molecule has 1 amide bonds. The number of aryl methyl sites for hydroxylation is 1. The highest BCUT2D eigenvalue weighted by molar-refractivity contribution is 6.18. The molecule has 1 aromatic heterocycles. The van der Waals surface area contributed by atoms with E-state index in [1.165, 1.54) is 24.3 Å². The van der Waals surface area contributed by atoms with E-state index in [2.05, 4.69) is 5.32 Å². The van der Waals surface area contributed by atoms with Crippen LogP contribution in [0.5, 0.6) is 0 Å². The molecular formula is C25H18FNO3. The molecule has 1 N–H and O–H groups in total. The lowest BCUT2D eigenvalue weighted by atomic mass is 10.0. The summed E-state index contributed by atoms with van der Waals surface area (Å²) in [6.45, 7) is 1.62. The monoisotopic (exact) mass is 399 g/mol. The summed E-state index contributed by atoms with van der Waals surface area (Å²) in [5.74, 6) is -1.43. The van der Waals surface area contributed by atoms with Crippen molar-refractivity contribution in [3.63, 3.8) is 0 Å². The molecule has 0 aliphatic heterocycles. The van der Waals surface area contributed by atoms with Crippen LogP contribution in [-0.2, 0) is 4.79 Å². The van der Waals surface area contributed by atoms with Crippen molar-refractivity contribution in [2.24, 2.45) is 0 Å². The molecule has 148 valence electrons. The molecule has 0 spiro atoms. The largest absolute Gasteiger partial charge is 0.450 e. The van der Waals surface area contributed by atoms with Crippen LogP contribution < -0.4 is 5.32 Å². The topological polar surface area (TPSA) is 59.3 Å². The second-order valence-electron chi connectivity index (χ2n) is 6.83. The smallest absolute Gasteiger partial charge is 0.248 e. The number of para-hydroxylation sites is 1. The van der Waals surface area contributed by atoms with Gasteiger partial charge in [-0.25, -0.2) is 4.39 Å². The molecule has 4 rings (SSSR count). The third kappa shape index (κ3) is 3.91. The Morgan fingerprint density at radius 3 is 2.47 bits per heavy atom. The van der Waals surface area contributed by atoms with Gasteiger partial charge in [0.1, 0.15) is 11.4 Å². The Labute approximate surface area is 172 Å². The summed E-state index contributed by atoms with van der Waals surface area (Å²) in [7, 11) is 0. The predicted octanol–water partition coefficient (Wildman–Crippen LogP) is 5.76.